The molecule has 17 heteroatoms. The first-order valence-electron chi connectivity index (χ1n) is 12.3. The molecule has 0 aliphatic carbocycles. The summed E-state index contributed by atoms with van der Waals surface area (Å²) in [7, 11) is 0. The fourth-order valence-corrected chi connectivity index (χ4v) is 4.51. The maximum absolute atomic E-state index is 12.7. The SMILES string of the molecule is Cc1ccc(OCC(F)(F)F)c(N2C(=O)CS/C2=N\C(=O)Nc2ccc(C(=O)NNc3ccc(OC(F)(F)F)cc3)cc2)c1. The van der Waals surface area contributed by atoms with Crippen molar-refractivity contribution in [1.29, 1.82) is 0 Å². The summed E-state index contributed by atoms with van der Waals surface area (Å²) in [6, 6.07) is 13.5. The number of halogens is 6. The molecule has 4 amide bonds. The van der Waals surface area contributed by atoms with Crippen LogP contribution in [0, 0.1) is 6.92 Å². The Balaban J connectivity index is 1.38. The lowest BCUT2D eigenvalue weighted by Gasteiger charge is -2.21. The van der Waals surface area contributed by atoms with Crippen LogP contribution in [0.2, 0.25) is 0 Å². The molecular formula is C27H21F6N5O5S. The lowest BCUT2D eigenvalue weighted by Crippen LogP contribution is -2.31. The second-order valence-electron chi connectivity index (χ2n) is 8.95. The van der Waals surface area contributed by atoms with Crippen molar-refractivity contribution >= 4 is 51.8 Å². The van der Waals surface area contributed by atoms with Crippen molar-refractivity contribution < 1.29 is 50.2 Å². The quantitative estimate of drug-likeness (QED) is 0.196. The highest BCUT2D eigenvalue weighted by atomic mass is 32.2. The standard InChI is InChI=1S/C27H21F6N5O5S/c1-15-2-11-21(42-14-26(28,29)30)20(12-15)38-22(39)13-44-25(38)35-24(41)34-17-5-3-16(4-6-17)23(40)37-36-18-7-9-19(10-8-18)43-27(31,32)33/h2-12,36H,13-14H2,1H3,(H,34,41)(H,37,40)/b35-25-. The van der Waals surface area contributed by atoms with Gasteiger partial charge in [0.05, 0.1) is 17.1 Å². The Labute approximate surface area is 249 Å². The molecule has 0 radical (unpaired) electrons. The number of rotatable bonds is 8. The largest absolute Gasteiger partial charge is 0.573 e. The maximum Gasteiger partial charge on any atom is 0.573 e. The van der Waals surface area contributed by atoms with Crippen LogP contribution in [0.5, 0.6) is 11.5 Å². The molecule has 0 spiro atoms. The summed E-state index contributed by atoms with van der Waals surface area (Å²) in [5.74, 6) is -1.87. The Morgan fingerprint density at radius 3 is 2.25 bits per heavy atom. The van der Waals surface area contributed by atoms with Crippen molar-refractivity contribution in [1.82, 2.24) is 5.43 Å². The summed E-state index contributed by atoms with van der Waals surface area (Å²) in [5, 5.41) is 2.40. The van der Waals surface area contributed by atoms with Gasteiger partial charge in [0.25, 0.3) is 5.91 Å². The number of urea groups is 1. The van der Waals surface area contributed by atoms with E-state index in [9.17, 15) is 40.7 Å². The van der Waals surface area contributed by atoms with E-state index in [2.05, 4.69) is 25.9 Å². The number of aliphatic imine (C=N–C) groups is 1. The number of thioether (sulfide) groups is 1. The molecule has 3 aromatic rings. The van der Waals surface area contributed by atoms with E-state index in [4.69, 9.17) is 4.74 Å². The zero-order valence-electron chi connectivity index (χ0n) is 22.4. The zero-order valence-corrected chi connectivity index (χ0v) is 23.2. The Hall–Kier alpha value is -4.93. The van der Waals surface area contributed by atoms with E-state index in [1.165, 1.54) is 54.6 Å². The molecule has 0 unspecified atom stereocenters. The summed E-state index contributed by atoms with van der Waals surface area (Å²) in [4.78, 5) is 42.6. The number of carbonyl (C=O) groups excluding carboxylic acids is 3. The van der Waals surface area contributed by atoms with Gasteiger partial charge in [-0.3, -0.25) is 25.3 Å². The van der Waals surface area contributed by atoms with Crippen LogP contribution < -0.4 is 30.5 Å². The van der Waals surface area contributed by atoms with Gasteiger partial charge in [0.2, 0.25) is 5.91 Å². The first-order valence-corrected chi connectivity index (χ1v) is 13.3. The molecule has 10 nitrogen and oxygen atoms in total. The van der Waals surface area contributed by atoms with Gasteiger partial charge in [-0.25, -0.2) is 4.79 Å². The summed E-state index contributed by atoms with van der Waals surface area (Å²) in [6.45, 7) is 0.0890. The minimum atomic E-state index is -4.83. The number of alkyl halides is 6. The number of ether oxygens (including phenoxy) is 2. The number of aryl methyl sites for hydroxylation is 1. The third-order valence-corrected chi connectivity index (χ3v) is 6.44. The topological polar surface area (TPSA) is 121 Å². The number of nitrogens with one attached hydrogen (secondary N) is 3. The average Bonchev–Trinajstić information content (AvgIpc) is 3.30. The molecule has 1 saturated heterocycles. The number of carbonyl (C=O) groups is 3. The van der Waals surface area contributed by atoms with Gasteiger partial charge in [0, 0.05) is 11.3 Å². The van der Waals surface area contributed by atoms with Crippen LogP contribution in [0.25, 0.3) is 0 Å². The van der Waals surface area contributed by atoms with Crippen LogP contribution >= 0.6 is 11.8 Å². The first-order chi connectivity index (χ1) is 20.7. The molecule has 3 aromatic carbocycles. The predicted molar refractivity (Wildman–Crippen MR) is 150 cm³/mol. The van der Waals surface area contributed by atoms with Crippen molar-refractivity contribution in [2.75, 3.05) is 28.0 Å². The van der Waals surface area contributed by atoms with Crippen molar-refractivity contribution in [2.45, 2.75) is 19.5 Å². The molecule has 232 valence electrons. The van der Waals surface area contributed by atoms with E-state index in [1.807, 2.05) is 0 Å². The molecule has 1 fully saturated rings. The summed E-state index contributed by atoms with van der Waals surface area (Å²) in [6.07, 6.45) is -9.44. The predicted octanol–water partition coefficient (Wildman–Crippen LogP) is 6.26. The van der Waals surface area contributed by atoms with Crippen molar-refractivity contribution in [3.8, 4) is 11.5 Å². The molecule has 0 atom stereocenters. The fraction of sp³-hybridized carbons (Fsp3) is 0.185. The van der Waals surface area contributed by atoms with E-state index < -0.39 is 42.7 Å². The molecule has 1 heterocycles. The van der Waals surface area contributed by atoms with E-state index in [0.29, 0.717) is 5.56 Å². The molecule has 1 aliphatic heterocycles. The molecule has 44 heavy (non-hydrogen) atoms. The van der Waals surface area contributed by atoms with Gasteiger partial charge >= 0.3 is 18.6 Å². The molecule has 3 N–H and O–H groups in total. The highest BCUT2D eigenvalue weighted by Crippen LogP contribution is 2.36. The van der Waals surface area contributed by atoms with Crippen LogP contribution in [0.3, 0.4) is 0 Å². The normalized spacial score (nSPS) is 14.4. The summed E-state index contributed by atoms with van der Waals surface area (Å²) < 4.78 is 83.7. The van der Waals surface area contributed by atoms with Crippen molar-refractivity contribution in [2.24, 2.45) is 4.99 Å². The van der Waals surface area contributed by atoms with Crippen LogP contribution in [0.4, 0.5) is 48.2 Å². The van der Waals surface area contributed by atoms with Crippen LogP contribution in [-0.4, -0.2) is 47.9 Å². The van der Waals surface area contributed by atoms with Crippen molar-refractivity contribution in [3.05, 3.63) is 77.9 Å². The van der Waals surface area contributed by atoms with Gasteiger partial charge in [-0.15, -0.1) is 13.2 Å². The number of nitrogens with zero attached hydrogens (tertiary/aromatic N) is 2. The van der Waals surface area contributed by atoms with Gasteiger partial charge in [0.1, 0.15) is 11.5 Å². The Morgan fingerprint density at radius 1 is 0.955 bits per heavy atom. The second-order valence-corrected chi connectivity index (χ2v) is 9.89. The number of anilines is 3. The van der Waals surface area contributed by atoms with Gasteiger partial charge in [0.15, 0.2) is 11.8 Å². The Bertz CT molecular complexity index is 1560. The van der Waals surface area contributed by atoms with E-state index in [0.717, 1.165) is 28.8 Å². The monoisotopic (exact) mass is 641 g/mol. The maximum atomic E-state index is 12.7. The number of hydrazine groups is 1. The number of hydrogen-bond donors (Lipinski definition) is 3. The minimum absolute atomic E-state index is 0.00496. The van der Waals surface area contributed by atoms with Gasteiger partial charge < -0.3 is 14.8 Å². The zero-order chi connectivity index (χ0) is 32.1. The second kappa shape index (κ2) is 13.2. The van der Waals surface area contributed by atoms with Crippen LogP contribution in [-0.2, 0) is 4.79 Å². The molecule has 4 rings (SSSR count). The third-order valence-electron chi connectivity index (χ3n) is 5.52. The van der Waals surface area contributed by atoms with Gasteiger partial charge in [-0.1, -0.05) is 17.8 Å². The molecule has 0 bridgehead atoms. The number of amidine groups is 1. The third kappa shape index (κ3) is 9.03. The van der Waals surface area contributed by atoms with E-state index >= 15 is 0 Å². The molecular weight excluding hydrogens is 620 g/mol. The lowest BCUT2D eigenvalue weighted by molar-refractivity contribution is -0.274. The van der Waals surface area contributed by atoms with Crippen molar-refractivity contribution in [3.63, 3.8) is 0 Å². The van der Waals surface area contributed by atoms with Gasteiger partial charge in [-0.2, -0.15) is 18.2 Å². The highest BCUT2D eigenvalue weighted by Gasteiger charge is 2.34. The van der Waals surface area contributed by atoms with E-state index in [-0.39, 0.29) is 39.3 Å². The summed E-state index contributed by atoms with van der Waals surface area (Å²) >= 11 is 0.914. The molecule has 0 saturated carbocycles. The van der Waals surface area contributed by atoms with Crippen LogP contribution in [0.1, 0.15) is 15.9 Å². The van der Waals surface area contributed by atoms with E-state index in [1.54, 1.807) is 6.92 Å². The lowest BCUT2D eigenvalue weighted by atomic mass is 10.2. The first kappa shape index (κ1) is 32.0. The van der Waals surface area contributed by atoms with Gasteiger partial charge in [-0.05, 0) is 73.2 Å². The number of benzene rings is 3. The Morgan fingerprint density at radius 2 is 1.61 bits per heavy atom. The average molecular weight is 642 g/mol. The molecule has 0 aromatic heterocycles. The van der Waals surface area contributed by atoms with Crippen LogP contribution in [0.15, 0.2) is 71.7 Å². The summed E-state index contributed by atoms with van der Waals surface area (Å²) in [5.41, 5.74) is 6.21. The minimum Gasteiger partial charge on any atom is -0.482 e. The smallest absolute Gasteiger partial charge is 0.482 e. The fourth-order valence-electron chi connectivity index (χ4n) is 3.65. The highest BCUT2D eigenvalue weighted by molar-refractivity contribution is 8.15. The number of amides is 4. The Kier molecular flexibility index (Phi) is 9.56. The molecule has 1 aliphatic rings. The number of hydrogen-bond acceptors (Lipinski definition) is 7.